The predicted molar refractivity (Wildman–Crippen MR) is 83.4 cm³/mol. The van der Waals surface area contributed by atoms with E-state index in [9.17, 15) is 4.39 Å². The summed E-state index contributed by atoms with van der Waals surface area (Å²) in [7, 11) is 0. The highest BCUT2D eigenvalue weighted by Crippen LogP contribution is 2.32. The van der Waals surface area contributed by atoms with Crippen molar-refractivity contribution in [1.82, 2.24) is 4.98 Å². The van der Waals surface area contributed by atoms with Crippen LogP contribution in [0.2, 0.25) is 10.0 Å². The van der Waals surface area contributed by atoms with Crippen LogP contribution < -0.4 is 5.32 Å². The summed E-state index contributed by atoms with van der Waals surface area (Å²) in [5.74, 6) is -0.302. The largest absolute Gasteiger partial charge is 0.378 e. The highest BCUT2D eigenvalue weighted by Gasteiger charge is 2.10. The summed E-state index contributed by atoms with van der Waals surface area (Å²) in [6.07, 6.45) is 0. The van der Waals surface area contributed by atoms with E-state index >= 15 is 0 Å². The molecule has 2 nitrogen and oxygen atoms in total. The van der Waals surface area contributed by atoms with Gasteiger partial charge in [-0.25, -0.2) is 9.37 Å². The summed E-state index contributed by atoms with van der Waals surface area (Å²) in [6, 6.07) is 8.19. The van der Waals surface area contributed by atoms with Crippen molar-refractivity contribution >= 4 is 50.4 Å². The molecule has 0 bridgehead atoms. The minimum absolute atomic E-state index is 0.294. The fourth-order valence-electron chi connectivity index (χ4n) is 1.94. The van der Waals surface area contributed by atoms with Gasteiger partial charge in [0.2, 0.25) is 0 Å². The van der Waals surface area contributed by atoms with Gasteiger partial charge >= 0.3 is 0 Å². The number of rotatable bonds is 3. The van der Waals surface area contributed by atoms with Crippen molar-refractivity contribution in [2.75, 3.05) is 5.32 Å². The van der Waals surface area contributed by atoms with Crippen LogP contribution in [-0.2, 0) is 6.54 Å². The molecule has 0 fully saturated rings. The van der Waals surface area contributed by atoms with Gasteiger partial charge < -0.3 is 5.32 Å². The number of halogens is 3. The number of benzene rings is 2. The Kier molecular flexibility index (Phi) is 3.78. The number of aromatic nitrogens is 1. The fraction of sp³-hybridized carbons (Fsp3) is 0.0714. The molecule has 1 aromatic heterocycles. The van der Waals surface area contributed by atoms with Crippen LogP contribution in [0.1, 0.15) is 5.56 Å². The summed E-state index contributed by atoms with van der Waals surface area (Å²) >= 11 is 13.6. The second-order valence-corrected chi connectivity index (χ2v) is 5.94. The van der Waals surface area contributed by atoms with Crippen molar-refractivity contribution in [3.05, 3.63) is 57.3 Å². The Balaban J connectivity index is 1.92. The molecule has 0 aliphatic heterocycles. The summed E-state index contributed by atoms with van der Waals surface area (Å²) in [5, 5.41) is 4.20. The highest BCUT2D eigenvalue weighted by molar-refractivity contribution is 7.16. The van der Waals surface area contributed by atoms with Crippen LogP contribution >= 0.6 is 34.5 Å². The highest BCUT2D eigenvalue weighted by atomic mass is 35.5. The summed E-state index contributed by atoms with van der Waals surface area (Å²) in [5.41, 5.74) is 3.75. The van der Waals surface area contributed by atoms with E-state index in [1.807, 2.05) is 6.07 Å². The zero-order valence-corrected chi connectivity index (χ0v) is 12.5. The van der Waals surface area contributed by atoms with Crippen molar-refractivity contribution in [2.45, 2.75) is 6.54 Å². The first-order chi connectivity index (χ1) is 9.65. The van der Waals surface area contributed by atoms with Crippen LogP contribution in [-0.4, -0.2) is 4.98 Å². The quantitative estimate of drug-likeness (QED) is 0.701. The first-order valence-electron chi connectivity index (χ1n) is 5.84. The van der Waals surface area contributed by atoms with Gasteiger partial charge in [-0.1, -0.05) is 23.2 Å². The number of fused-ring (bicyclic) bond motifs is 1. The maximum Gasteiger partial charge on any atom is 0.128 e. The number of nitrogens with zero attached hydrogens (tertiary/aromatic N) is 1. The Bertz CT molecular complexity index is 773. The van der Waals surface area contributed by atoms with Crippen LogP contribution in [0.3, 0.4) is 0 Å². The van der Waals surface area contributed by atoms with E-state index in [1.165, 1.54) is 23.5 Å². The van der Waals surface area contributed by atoms with E-state index < -0.39 is 0 Å². The van der Waals surface area contributed by atoms with Gasteiger partial charge in [0.25, 0.3) is 0 Å². The van der Waals surface area contributed by atoms with Gasteiger partial charge in [-0.3, -0.25) is 0 Å². The third-order valence-electron chi connectivity index (χ3n) is 2.91. The van der Waals surface area contributed by atoms with Gasteiger partial charge in [-0.15, -0.1) is 11.3 Å². The van der Waals surface area contributed by atoms with Crippen molar-refractivity contribution < 1.29 is 4.39 Å². The Labute approximate surface area is 129 Å². The lowest BCUT2D eigenvalue weighted by Crippen LogP contribution is -2.03. The van der Waals surface area contributed by atoms with E-state index in [0.29, 0.717) is 27.8 Å². The van der Waals surface area contributed by atoms with Crippen molar-refractivity contribution in [1.29, 1.82) is 0 Å². The number of nitrogens with one attached hydrogen (secondary N) is 1. The topological polar surface area (TPSA) is 24.9 Å². The monoisotopic (exact) mass is 326 g/mol. The molecule has 0 spiro atoms. The van der Waals surface area contributed by atoms with Crippen LogP contribution in [0.25, 0.3) is 10.2 Å². The van der Waals surface area contributed by atoms with Crippen LogP contribution in [0.5, 0.6) is 0 Å². The third kappa shape index (κ3) is 2.59. The normalized spacial score (nSPS) is 10.9. The summed E-state index contributed by atoms with van der Waals surface area (Å²) in [4.78, 5) is 4.28. The molecule has 0 saturated heterocycles. The lowest BCUT2D eigenvalue weighted by Gasteiger charge is -2.10. The van der Waals surface area contributed by atoms with Crippen LogP contribution in [0.15, 0.2) is 35.8 Å². The third-order valence-corrected chi connectivity index (χ3v) is 4.26. The average Bonchev–Trinajstić information content (AvgIpc) is 2.90. The molecule has 2 aromatic carbocycles. The lowest BCUT2D eigenvalue weighted by molar-refractivity contribution is 0.613. The molecular formula is C14H9Cl2FN2S. The molecule has 0 aliphatic carbocycles. The standard InChI is InChI=1S/C14H9Cl2FN2S/c15-9-1-3-11(17)8(5-9)6-18-13-10(16)2-4-12-14(13)19-7-20-12/h1-5,7,18H,6H2. The van der Waals surface area contributed by atoms with Gasteiger partial charge in [0, 0.05) is 17.1 Å². The Morgan fingerprint density at radius 3 is 2.90 bits per heavy atom. The molecule has 0 radical (unpaired) electrons. The molecule has 102 valence electrons. The minimum atomic E-state index is -0.302. The number of hydrogen-bond donors (Lipinski definition) is 1. The van der Waals surface area contributed by atoms with E-state index in [1.54, 1.807) is 17.6 Å². The zero-order valence-electron chi connectivity index (χ0n) is 10.2. The molecule has 6 heteroatoms. The Hall–Kier alpha value is -1.36. The van der Waals surface area contributed by atoms with Crippen LogP contribution in [0, 0.1) is 5.82 Å². The van der Waals surface area contributed by atoms with Crippen LogP contribution in [0.4, 0.5) is 10.1 Å². The molecule has 20 heavy (non-hydrogen) atoms. The van der Waals surface area contributed by atoms with Crippen molar-refractivity contribution in [2.24, 2.45) is 0 Å². The minimum Gasteiger partial charge on any atom is -0.378 e. The first kappa shape index (κ1) is 13.6. The second kappa shape index (κ2) is 5.56. The molecule has 3 aromatic rings. The smallest absolute Gasteiger partial charge is 0.128 e. The predicted octanol–water partition coefficient (Wildman–Crippen LogP) is 5.35. The number of thiazole rings is 1. The van der Waals surface area contributed by atoms with E-state index in [4.69, 9.17) is 23.2 Å². The molecule has 1 N–H and O–H groups in total. The number of anilines is 1. The number of hydrogen-bond acceptors (Lipinski definition) is 3. The average molecular weight is 327 g/mol. The molecule has 0 saturated carbocycles. The molecule has 3 rings (SSSR count). The van der Waals surface area contributed by atoms with E-state index in [-0.39, 0.29) is 5.82 Å². The molecule has 0 aliphatic rings. The maximum absolute atomic E-state index is 13.7. The van der Waals surface area contributed by atoms with Crippen molar-refractivity contribution in [3.8, 4) is 0 Å². The Morgan fingerprint density at radius 2 is 2.05 bits per heavy atom. The molecule has 0 unspecified atom stereocenters. The van der Waals surface area contributed by atoms with E-state index in [0.717, 1.165) is 10.2 Å². The van der Waals surface area contributed by atoms with Gasteiger partial charge in [0.05, 0.1) is 20.9 Å². The molecular weight excluding hydrogens is 318 g/mol. The van der Waals surface area contributed by atoms with Gasteiger partial charge in [0.15, 0.2) is 0 Å². The molecule has 0 atom stereocenters. The summed E-state index contributed by atoms with van der Waals surface area (Å²) < 4.78 is 14.7. The SMILES string of the molecule is Fc1ccc(Cl)cc1CNc1c(Cl)ccc2scnc12. The second-order valence-electron chi connectivity index (χ2n) is 4.21. The molecule has 0 amide bonds. The maximum atomic E-state index is 13.7. The van der Waals surface area contributed by atoms with Gasteiger partial charge in [0.1, 0.15) is 11.3 Å². The van der Waals surface area contributed by atoms with E-state index in [2.05, 4.69) is 10.3 Å². The van der Waals surface area contributed by atoms with Gasteiger partial charge in [-0.05, 0) is 30.3 Å². The zero-order chi connectivity index (χ0) is 14.1. The Morgan fingerprint density at radius 1 is 1.20 bits per heavy atom. The fourth-order valence-corrected chi connectivity index (χ4v) is 3.04. The first-order valence-corrected chi connectivity index (χ1v) is 7.48. The summed E-state index contributed by atoms with van der Waals surface area (Å²) in [6.45, 7) is 0.294. The molecule has 1 heterocycles. The van der Waals surface area contributed by atoms with Crippen molar-refractivity contribution in [3.63, 3.8) is 0 Å². The lowest BCUT2D eigenvalue weighted by atomic mass is 10.2. The van der Waals surface area contributed by atoms with Gasteiger partial charge in [-0.2, -0.15) is 0 Å².